The maximum atomic E-state index is 12.6. The van der Waals surface area contributed by atoms with Gasteiger partial charge in [-0.1, -0.05) is 54.3 Å². The molecular weight excluding hydrogens is 414 g/mol. The van der Waals surface area contributed by atoms with E-state index in [2.05, 4.69) is 21.9 Å². The highest BCUT2D eigenvalue weighted by atomic mass is 32.2. The molecule has 28 heavy (non-hydrogen) atoms. The minimum atomic E-state index is -3.79. The van der Waals surface area contributed by atoms with E-state index < -0.39 is 15.9 Å². The first-order valence-corrected chi connectivity index (χ1v) is 11.7. The molecule has 0 spiro atoms. The van der Waals surface area contributed by atoms with Crippen LogP contribution in [0.25, 0.3) is 0 Å². The normalized spacial score (nSPS) is 18.3. The van der Waals surface area contributed by atoms with Gasteiger partial charge in [-0.25, -0.2) is 12.7 Å². The van der Waals surface area contributed by atoms with Gasteiger partial charge in [0.05, 0.1) is 11.4 Å². The summed E-state index contributed by atoms with van der Waals surface area (Å²) in [5.41, 5.74) is 1.41. The van der Waals surface area contributed by atoms with Crippen molar-refractivity contribution in [2.75, 3.05) is 37.0 Å². The van der Waals surface area contributed by atoms with E-state index in [0.717, 1.165) is 30.5 Å². The second kappa shape index (κ2) is 7.73. The average molecular weight is 434 g/mol. The number of para-hydroxylation sites is 1. The number of nitrogens with zero attached hydrogens (tertiary/aromatic N) is 3. The van der Waals surface area contributed by atoms with Gasteiger partial charge in [0.2, 0.25) is 0 Å². The van der Waals surface area contributed by atoms with Gasteiger partial charge in [0.15, 0.2) is 0 Å². The molecule has 0 saturated carbocycles. The number of fused-ring (bicyclic) bond motifs is 1. The number of benzene rings is 2. The molecule has 4 rings (SSSR count). The molecule has 0 N–H and O–H groups in total. The van der Waals surface area contributed by atoms with Crippen molar-refractivity contribution in [3.05, 3.63) is 60.2 Å². The van der Waals surface area contributed by atoms with Gasteiger partial charge in [-0.2, -0.15) is 0 Å². The third kappa shape index (κ3) is 3.49. The SMILES string of the molecule is O=C1c2ccccc2S(=O)(=O)N1CSC(=S)N1CCN(c2ccccc2)CC1. The summed E-state index contributed by atoms with van der Waals surface area (Å²) >= 11 is 6.72. The molecule has 1 amide bonds. The minimum Gasteiger partial charge on any atom is -0.368 e. The van der Waals surface area contributed by atoms with Gasteiger partial charge in [0.1, 0.15) is 9.22 Å². The fourth-order valence-corrected chi connectivity index (χ4v) is 6.35. The van der Waals surface area contributed by atoms with Crippen molar-refractivity contribution >= 4 is 49.9 Å². The Morgan fingerprint density at radius 1 is 0.964 bits per heavy atom. The van der Waals surface area contributed by atoms with Crippen molar-refractivity contribution in [3.63, 3.8) is 0 Å². The summed E-state index contributed by atoms with van der Waals surface area (Å²) in [5.74, 6) is -0.493. The minimum absolute atomic E-state index is 0.00637. The molecule has 0 aliphatic carbocycles. The van der Waals surface area contributed by atoms with Crippen LogP contribution in [0.15, 0.2) is 59.5 Å². The fraction of sp³-hybridized carbons (Fsp3) is 0.263. The molecule has 0 aromatic heterocycles. The molecule has 146 valence electrons. The Labute approximate surface area is 174 Å². The average Bonchev–Trinajstić information content (AvgIpc) is 2.93. The highest BCUT2D eigenvalue weighted by molar-refractivity contribution is 8.23. The summed E-state index contributed by atoms with van der Waals surface area (Å²) in [7, 11) is -3.79. The lowest BCUT2D eigenvalue weighted by Gasteiger charge is -2.37. The van der Waals surface area contributed by atoms with Crippen LogP contribution in [0.5, 0.6) is 0 Å². The molecule has 9 heteroatoms. The first kappa shape index (κ1) is 19.2. The monoisotopic (exact) mass is 433 g/mol. The van der Waals surface area contributed by atoms with Crippen LogP contribution >= 0.6 is 24.0 Å². The maximum Gasteiger partial charge on any atom is 0.269 e. The van der Waals surface area contributed by atoms with Crippen LogP contribution in [-0.4, -0.2) is 59.9 Å². The number of thioether (sulfide) groups is 1. The van der Waals surface area contributed by atoms with Crippen molar-refractivity contribution in [1.29, 1.82) is 0 Å². The van der Waals surface area contributed by atoms with Gasteiger partial charge >= 0.3 is 0 Å². The summed E-state index contributed by atoms with van der Waals surface area (Å²) in [4.78, 5) is 16.9. The van der Waals surface area contributed by atoms with E-state index in [1.54, 1.807) is 18.2 Å². The molecular formula is C19H19N3O3S3. The van der Waals surface area contributed by atoms with E-state index in [1.165, 1.54) is 23.5 Å². The zero-order valence-corrected chi connectivity index (χ0v) is 17.5. The number of rotatable bonds is 3. The lowest BCUT2D eigenvalue weighted by atomic mass is 10.2. The Morgan fingerprint density at radius 2 is 1.61 bits per heavy atom. The predicted octanol–water partition coefficient (Wildman–Crippen LogP) is 2.63. The molecule has 2 aromatic carbocycles. The van der Waals surface area contributed by atoms with Crippen LogP contribution < -0.4 is 4.90 Å². The summed E-state index contributed by atoms with van der Waals surface area (Å²) in [5, 5.41) is 0. The topological polar surface area (TPSA) is 60.9 Å². The second-order valence-corrected chi connectivity index (χ2v) is 9.91. The van der Waals surface area contributed by atoms with E-state index in [4.69, 9.17) is 12.2 Å². The van der Waals surface area contributed by atoms with Gasteiger partial charge in [-0.3, -0.25) is 4.79 Å². The number of piperazine rings is 1. The largest absolute Gasteiger partial charge is 0.368 e. The molecule has 2 aliphatic heterocycles. The molecule has 0 bridgehead atoms. The standard InChI is InChI=1S/C19H19N3O3S3/c23-18-16-8-4-5-9-17(16)28(24,25)22(18)14-27-19(26)21-12-10-20(11-13-21)15-6-2-1-3-7-15/h1-9H,10-14H2. The van der Waals surface area contributed by atoms with Crippen molar-refractivity contribution in [2.45, 2.75) is 4.90 Å². The molecule has 1 saturated heterocycles. The summed E-state index contributed by atoms with van der Waals surface area (Å²) < 4.78 is 26.8. The second-order valence-electron chi connectivity index (χ2n) is 6.50. The summed E-state index contributed by atoms with van der Waals surface area (Å²) in [6.07, 6.45) is 0. The van der Waals surface area contributed by atoms with Gasteiger partial charge in [-0.05, 0) is 24.3 Å². The highest BCUT2D eigenvalue weighted by Crippen LogP contribution is 2.31. The lowest BCUT2D eigenvalue weighted by molar-refractivity contribution is 0.0887. The smallest absolute Gasteiger partial charge is 0.269 e. The Morgan fingerprint density at radius 3 is 2.29 bits per heavy atom. The number of anilines is 1. The van der Waals surface area contributed by atoms with Crippen LogP contribution in [0.4, 0.5) is 5.69 Å². The lowest BCUT2D eigenvalue weighted by Crippen LogP contribution is -2.48. The fourth-order valence-electron chi connectivity index (χ4n) is 3.35. The van der Waals surface area contributed by atoms with Crippen LogP contribution in [0, 0.1) is 0 Å². The molecule has 2 heterocycles. The quantitative estimate of drug-likeness (QED) is 0.690. The highest BCUT2D eigenvalue weighted by Gasteiger charge is 2.41. The molecule has 0 radical (unpaired) electrons. The molecule has 6 nitrogen and oxygen atoms in total. The van der Waals surface area contributed by atoms with Gasteiger partial charge in [0.25, 0.3) is 15.9 Å². The number of hydrogen-bond acceptors (Lipinski definition) is 6. The molecule has 1 fully saturated rings. The van der Waals surface area contributed by atoms with E-state index in [9.17, 15) is 13.2 Å². The van der Waals surface area contributed by atoms with Crippen molar-refractivity contribution < 1.29 is 13.2 Å². The molecule has 0 unspecified atom stereocenters. The number of carbonyl (C=O) groups excluding carboxylic acids is 1. The van der Waals surface area contributed by atoms with Crippen molar-refractivity contribution in [2.24, 2.45) is 0 Å². The summed E-state index contributed by atoms with van der Waals surface area (Å²) in [6, 6.07) is 16.5. The van der Waals surface area contributed by atoms with Crippen LogP contribution in [0.1, 0.15) is 10.4 Å². The van der Waals surface area contributed by atoms with Crippen LogP contribution in [0.3, 0.4) is 0 Å². The Hall–Kier alpha value is -2.10. The van der Waals surface area contributed by atoms with E-state index >= 15 is 0 Å². The van der Waals surface area contributed by atoms with Crippen LogP contribution in [0.2, 0.25) is 0 Å². The Kier molecular flexibility index (Phi) is 5.31. The zero-order valence-electron chi connectivity index (χ0n) is 15.0. The van der Waals surface area contributed by atoms with E-state index in [0.29, 0.717) is 4.32 Å². The number of hydrogen-bond donors (Lipinski definition) is 0. The molecule has 2 aromatic rings. The Bertz CT molecular complexity index is 1000. The number of carbonyl (C=O) groups is 1. The maximum absolute atomic E-state index is 12.6. The van der Waals surface area contributed by atoms with Crippen LogP contribution in [-0.2, 0) is 10.0 Å². The van der Waals surface area contributed by atoms with Gasteiger partial charge < -0.3 is 9.80 Å². The predicted molar refractivity (Wildman–Crippen MR) is 115 cm³/mol. The van der Waals surface area contributed by atoms with Gasteiger partial charge in [0, 0.05) is 31.9 Å². The van der Waals surface area contributed by atoms with E-state index in [1.807, 2.05) is 18.2 Å². The first-order valence-electron chi connectivity index (χ1n) is 8.86. The number of amides is 1. The number of sulfonamides is 1. The van der Waals surface area contributed by atoms with Gasteiger partial charge in [-0.15, -0.1) is 0 Å². The van der Waals surface area contributed by atoms with Crippen molar-refractivity contribution in [1.82, 2.24) is 9.21 Å². The molecule has 0 atom stereocenters. The third-order valence-electron chi connectivity index (χ3n) is 4.88. The van der Waals surface area contributed by atoms with Crippen molar-refractivity contribution in [3.8, 4) is 0 Å². The summed E-state index contributed by atoms with van der Waals surface area (Å²) in [6.45, 7) is 3.22. The third-order valence-corrected chi connectivity index (χ3v) is 8.33. The molecule has 2 aliphatic rings. The first-order chi connectivity index (χ1) is 13.5. The zero-order chi connectivity index (χ0) is 19.7. The number of thiocarbonyl (C=S) groups is 1. The van der Waals surface area contributed by atoms with E-state index in [-0.39, 0.29) is 16.3 Å². The Balaban J connectivity index is 1.35.